The fraction of sp³-hybridized carbons (Fsp3) is 0.200. The zero-order valence-corrected chi connectivity index (χ0v) is 17.7. The number of nitrogens with zero attached hydrogens (tertiary/aromatic N) is 3. The quantitative estimate of drug-likeness (QED) is 0.486. The van der Waals surface area contributed by atoms with Crippen LogP contribution in [0.1, 0.15) is 18.2 Å². The summed E-state index contributed by atoms with van der Waals surface area (Å²) in [6.07, 6.45) is 2.79. The molecule has 0 radical (unpaired) electrons. The van der Waals surface area contributed by atoms with Crippen molar-refractivity contribution in [2.45, 2.75) is 12.3 Å². The fourth-order valence-electron chi connectivity index (χ4n) is 4.24. The summed E-state index contributed by atoms with van der Waals surface area (Å²) in [5.74, 6) is 1.33. The highest BCUT2D eigenvalue weighted by molar-refractivity contribution is 5.89. The third-order valence-corrected chi connectivity index (χ3v) is 5.87. The molecule has 0 bridgehead atoms. The van der Waals surface area contributed by atoms with Crippen LogP contribution >= 0.6 is 0 Å². The van der Waals surface area contributed by atoms with Crippen LogP contribution in [-0.2, 0) is 0 Å². The first-order valence-electron chi connectivity index (χ1n) is 10.6. The Labute approximate surface area is 185 Å². The largest absolute Gasteiger partial charge is 0.497 e. The Morgan fingerprint density at radius 1 is 1.12 bits per heavy atom. The molecule has 0 aliphatic carbocycles. The number of methoxy groups -OCH3 is 1. The van der Waals surface area contributed by atoms with Crippen LogP contribution in [-0.4, -0.2) is 40.5 Å². The molecule has 2 aromatic carbocycles. The van der Waals surface area contributed by atoms with E-state index in [9.17, 15) is 9.18 Å². The van der Waals surface area contributed by atoms with Crippen LogP contribution < -0.4 is 10.1 Å². The number of para-hydroxylation sites is 1. The SMILES string of the molecule is COc1cccc(-c2nc(C3CCN(C(=O)Nc4ccccc4F)C3)n3ccccc23)c1. The molecule has 5 rings (SSSR count). The second kappa shape index (κ2) is 8.34. The van der Waals surface area contributed by atoms with Gasteiger partial charge >= 0.3 is 6.03 Å². The number of imidazole rings is 1. The second-order valence-corrected chi connectivity index (χ2v) is 7.85. The standard InChI is InChI=1S/C25H23FN4O2/c1-32-19-8-6-7-17(15-19)23-22-11-4-5-13-30(22)24(28-23)18-12-14-29(16-18)25(31)27-21-10-3-2-9-20(21)26/h2-11,13,15,18H,12,14,16H2,1H3,(H,27,31). The number of nitrogens with one attached hydrogen (secondary N) is 1. The summed E-state index contributed by atoms with van der Waals surface area (Å²) >= 11 is 0. The van der Waals surface area contributed by atoms with Crippen molar-refractivity contribution in [3.8, 4) is 17.0 Å². The Hall–Kier alpha value is -3.87. The molecule has 2 amide bonds. The van der Waals surface area contributed by atoms with Gasteiger partial charge in [-0.3, -0.25) is 0 Å². The van der Waals surface area contributed by atoms with Gasteiger partial charge in [0.25, 0.3) is 0 Å². The van der Waals surface area contributed by atoms with Crippen LogP contribution in [0.25, 0.3) is 16.8 Å². The van der Waals surface area contributed by atoms with Crippen molar-refractivity contribution in [3.05, 3.63) is 84.6 Å². The number of halogens is 1. The third-order valence-electron chi connectivity index (χ3n) is 5.87. The number of fused-ring (bicyclic) bond motifs is 1. The molecule has 1 aliphatic heterocycles. The zero-order chi connectivity index (χ0) is 22.1. The van der Waals surface area contributed by atoms with E-state index in [1.165, 1.54) is 6.07 Å². The molecule has 1 N–H and O–H groups in total. The number of rotatable bonds is 4. The molecule has 3 heterocycles. The Bertz CT molecular complexity index is 1290. The molecule has 2 aromatic heterocycles. The van der Waals surface area contributed by atoms with Crippen molar-refractivity contribution in [2.24, 2.45) is 0 Å². The number of carbonyl (C=O) groups excluding carboxylic acids is 1. The van der Waals surface area contributed by atoms with Crippen LogP contribution in [0.15, 0.2) is 72.9 Å². The molecular formula is C25H23FN4O2. The van der Waals surface area contributed by atoms with Crippen LogP contribution in [0.3, 0.4) is 0 Å². The van der Waals surface area contributed by atoms with E-state index in [2.05, 4.69) is 9.72 Å². The summed E-state index contributed by atoms with van der Waals surface area (Å²) in [7, 11) is 1.65. The van der Waals surface area contributed by atoms with Crippen LogP contribution in [0, 0.1) is 5.82 Å². The molecule has 0 spiro atoms. The highest BCUT2D eigenvalue weighted by Gasteiger charge is 2.31. The number of ether oxygens (including phenoxy) is 1. The molecule has 0 saturated carbocycles. The molecule has 1 unspecified atom stereocenters. The van der Waals surface area contributed by atoms with Crippen LogP contribution in [0.4, 0.5) is 14.9 Å². The van der Waals surface area contributed by atoms with E-state index in [0.29, 0.717) is 13.1 Å². The summed E-state index contributed by atoms with van der Waals surface area (Å²) in [5.41, 5.74) is 3.05. The summed E-state index contributed by atoms with van der Waals surface area (Å²) in [5, 5.41) is 2.68. The molecule has 6 nitrogen and oxygen atoms in total. The lowest BCUT2D eigenvalue weighted by molar-refractivity contribution is 0.222. The van der Waals surface area contributed by atoms with Gasteiger partial charge in [0.05, 0.1) is 24.0 Å². The summed E-state index contributed by atoms with van der Waals surface area (Å²) < 4.78 is 21.4. The smallest absolute Gasteiger partial charge is 0.321 e. The van der Waals surface area contributed by atoms with Gasteiger partial charge in [-0.1, -0.05) is 30.3 Å². The Morgan fingerprint density at radius 2 is 1.97 bits per heavy atom. The first kappa shape index (κ1) is 20.1. The second-order valence-electron chi connectivity index (χ2n) is 7.85. The van der Waals surface area contributed by atoms with Gasteiger partial charge in [-0.2, -0.15) is 0 Å². The molecular weight excluding hydrogens is 407 g/mol. The van der Waals surface area contributed by atoms with Crippen molar-refractivity contribution >= 4 is 17.2 Å². The van der Waals surface area contributed by atoms with E-state index in [1.54, 1.807) is 30.2 Å². The van der Waals surface area contributed by atoms with Gasteiger partial charge in [-0.25, -0.2) is 14.2 Å². The van der Waals surface area contributed by atoms with Gasteiger partial charge < -0.3 is 19.4 Å². The maximum atomic E-state index is 13.9. The predicted molar refractivity (Wildman–Crippen MR) is 122 cm³/mol. The van der Waals surface area contributed by atoms with E-state index >= 15 is 0 Å². The number of amides is 2. The van der Waals surface area contributed by atoms with Crippen molar-refractivity contribution in [1.29, 1.82) is 0 Å². The van der Waals surface area contributed by atoms with Crippen LogP contribution in [0.5, 0.6) is 5.75 Å². The summed E-state index contributed by atoms with van der Waals surface area (Å²) in [6, 6.07) is 19.8. The molecule has 7 heteroatoms. The van der Waals surface area contributed by atoms with E-state index in [0.717, 1.165) is 34.8 Å². The summed E-state index contributed by atoms with van der Waals surface area (Å²) in [4.78, 5) is 19.4. The molecule has 4 aromatic rings. The van der Waals surface area contributed by atoms with Crippen LogP contribution in [0.2, 0.25) is 0 Å². The molecule has 1 atom stereocenters. The fourth-order valence-corrected chi connectivity index (χ4v) is 4.24. The van der Waals surface area contributed by atoms with Gasteiger partial charge in [-0.05, 0) is 42.8 Å². The lowest BCUT2D eigenvalue weighted by Crippen LogP contribution is -2.33. The minimum absolute atomic E-state index is 0.0793. The minimum atomic E-state index is -0.446. The predicted octanol–water partition coefficient (Wildman–Crippen LogP) is 5.17. The van der Waals surface area contributed by atoms with Crippen molar-refractivity contribution < 1.29 is 13.9 Å². The Kier molecular flexibility index (Phi) is 5.23. The minimum Gasteiger partial charge on any atom is -0.497 e. The highest BCUT2D eigenvalue weighted by Crippen LogP contribution is 2.33. The van der Waals surface area contributed by atoms with Gasteiger partial charge in [0, 0.05) is 30.8 Å². The lowest BCUT2D eigenvalue weighted by atomic mass is 10.1. The van der Waals surface area contributed by atoms with Crippen molar-refractivity contribution in [1.82, 2.24) is 14.3 Å². The highest BCUT2D eigenvalue weighted by atomic mass is 19.1. The van der Waals surface area contributed by atoms with Crippen molar-refractivity contribution in [3.63, 3.8) is 0 Å². The van der Waals surface area contributed by atoms with E-state index in [1.807, 2.05) is 48.7 Å². The normalized spacial score (nSPS) is 15.8. The maximum Gasteiger partial charge on any atom is 0.321 e. The van der Waals surface area contributed by atoms with Gasteiger partial charge in [0.1, 0.15) is 17.4 Å². The first-order valence-corrected chi connectivity index (χ1v) is 10.6. The number of urea groups is 1. The summed E-state index contributed by atoms with van der Waals surface area (Å²) in [6.45, 7) is 1.10. The number of anilines is 1. The number of likely N-dealkylation sites (tertiary alicyclic amines) is 1. The first-order chi connectivity index (χ1) is 15.6. The van der Waals surface area contributed by atoms with Crippen molar-refractivity contribution in [2.75, 3.05) is 25.5 Å². The number of hydrogen-bond acceptors (Lipinski definition) is 3. The molecule has 1 fully saturated rings. The Balaban J connectivity index is 1.42. The number of carbonyl (C=O) groups is 1. The average Bonchev–Trinajstić information content (AvgIpc) is 3.46. The van der Waals surface area contributed by atoms with Gasteiger partial charge in [0.15, 0.2) is 0 Å². The van der Waals surface area contributed by atoms with E-state index in [4.69, 9.17) is 9.72 Å². The molecule has 1 saturated heterocycles. The number of pyridine rings is 1. The monoisotopic (exact) mass is 430 g/mol. The molecule has 162 valence electrons. The van der Waals surface area contributed by atoms with E-state index < -0.39 is 5.82 Å². The number of hydrogen-bond donors (Lipinski definition) is 1. The Morgan fingerprint density at radius 3 is 2.81 bits per heavy atom. The molecule has 32 heavy (non-hydrogen) atoms. The number of aromatic nitrogens is 2. The maximum absolute atomic E-state index is 13.9. The topological polar surface area (TPSA) is 58.9 Å². The van der Waals surface area contributed by atoms with Gasteiger partial charge in [0.2, 0.25) is 0 Å². The third kappa shape index (κ3) is 3.66. The average molecular weight is 430 g/mol. The zero-order valence-electron chi connectivity index (χ0n) is 17.7. The number of benzene rings is 2. The van der Waals surface area contributed by atoms with Gasteiger partial charge in [-0.15, -0.1) is 0 Å². The lowest BCUT2D eigenvalue weighted by Gasteiger charge is -2.17. The van der Waals surface area contributed by atoms with E-state index in [-0.39, 0.29) is 17.6 Å². The molecule has 1 aliphatic rings.